The second-order valence-electron chi connectivity index (χ2n) is 5.47. The first-order valence-electron chi connectivity index (χ1n) is 7.81. The zero-order valence-electron chi connectivity index (χ0n) is 13.5. The molecule has 23 heavy (non-hydrogen) atoms. The third kappa shape index (κ3) is 3.93. The topological polar surface area (TPSA) is 52.2 Å². The van der Waals surface area contributed by atoms with Crippen molar-refractivity contribution in [1.29, 1.82) is 0 Å². The van der Waals surface area contributed by atoms with Crippen molar-refractivity contribution >= 4 is 28.2 Å². The number of aryl methyl sites for hydroxylation is 1. The molecule has 4 nitrogen and oxygen atoms in total. The molecular formula is C18H22N4S. The van der Waals surface area contributed by atoms with Crippen molar-refractivity contribution in [3.05, 3.63) is 57.9 Å². The molecule has 3 aromatic rings. The highest BCUT2D eigenvalue weighted by Gasteiger charge is 2.04. The lowest BCUT2D eigenvalue weighted by Crippen LogP contribution is -2.37. The third-order valence-electron chi connectivity index (χ3n) is 3.81. The first kappa shape index (κ1) is 15.6. The Bertz CT molecular complexity index is 800. The largest absolute Gasteiger partial charge is 0.361 e. The van der Waals surface area contributed by atoms with Crippen molar-refractivity contribution in [2.24, 2.45) is 4.99 Å². The Kier molecular flexibility index (Phi) is 4.98. The van der Waals surface area contributed by atoms with E-state index in [1.807, 2.05) is 11.3 Å². The number of aliphatic imine (C=N–C) groups is 1. The number of thiophene rings is 1. The average Bonchev–Trinajstić information content (AvgIpc) is 3.17. The highest BCUT2D eigenvalue weighted by molar-refractivity contribution is 7.11. The van der Waals surface area contributed by atoms with Crippen LogP contribution in [0.15, 0.2) is 47.6 Å². The monoisotopic (exact) mass is 326 g/mol. The molecule has 3 N–H and O–H groups in total. The summed E-state index contributed by atoms with van der Waals surface area (Å²) in [5, 5.41) is 8.03. The number of para-hydroxylation sites is 1. The molecule has 0 aliphatic rings. The van der Waals surface area contributed by atoms with Gasteiger partial charge >= 0.3 is 0 Å². The smallest absolute Gasteiger partial charge is 0.191 e. The fraction of sp³-hybridized carbons (Fsp3) is 0.278. The van der Waals surface area contributed by atoms with Crippen LogP contribution >= 0.6 is 11.3 Å². The van der Waals surface area contributed by atoms with Crippen LogP contribution < -0.4 is 10.6 Å². The highest BCUT2D eigenvalue weighted by Crippen LogP contribution is 2.17. The first-order valence-corrected chi connectivity index (χ1v) is 8.63. The second-order valence-corrected chi connectivity index (χ2v) is 6.85. The summed E-state index contributed by atoms with van der Waals surface area (Å²) in [4.78, 5) is 10.3. The van der Waals surface area contributed by atoms with Gasteiger partial charge in [-0.3, -0.25) is 4.99 Å². The fourth-order valence-electron chi connectivity index (χ4n) is 2.63. The van der Waals surface area contributed by atoms with E-state index in [1.54, 1.807) is 7.05 Å². The van der Waals surface area contributed by atoms with Gasteiger partial charge in [-0.15, -0.1) is 11.3 Å². The minimum atomic E-state index is 0.811. The van der Waals surface area contributed by atoms with Crippen molar-refractivity contribution in [1.82, 2.24) is 15.6 Å². The molecule has 0 radical (unpaired) electrons. The predicted molar refractivity (Wildman–Crippen MR) is 99.3 cm³/mol. The number of hydrogen-bond acceptors (Lipinski definition) is 2. The fourth-order valence-corrected chi connectivity index (χ4v) is 3.46. The van der Waals surface area contributed by atoms with E-state index in [2.05, 4.69) is 70.1 Å². The summed E-state index contributed by atoms with van der Waals surface area (Å²) in [5.74, 6) is 0.843. The van der Waals surface area contributed by atoms with E-state index >= 15 is 0 Å². The summed E-state index contributed by atoms with van der Waals surface area (Å²) >= 11 is 1.81. The number of hydrogen-bond donors (Lipinski definition) is 3. The van der Waals surface area contributed by atoms with Crippen LogP contribution in [0.2, 0.25) is 0 Å². The molecule has 0 spiro atoms. The summed E-state index contributed by atoms with van der Waals surface area (Å²) in [7, 11) is 1.81. The van der Waals surface area contributed by atoms with E-state index in [1.165, 1.54) is 26.2 Å². The molecule has 2 aromatic heterocycles. The Morgan fingerprint density at radius 3 is 2.83 bits per heavy atom. The van der Waals surface area contributed by atoms with Gasteiger partial charge in [0.15, 0.2) is 5.96 Å². The molecule has 0 amide bonds. The van der Waals surface area contributed by atoms with Crippen molar-refractivity contribution in [3.63, 3.8) is 0 Å². The lowest BCUT2D eigenvalue weighted by molar-refractivity contribution is 0.801. The number of H-pyrrole nitrogens is 1. The Balaban J connectivity index is 1.50. The lowest BCUT2D eigenvalue weighted by Gasteiger charge is -2.11. The van der Waals surface area contributed by atoms with Gasteiger partial charge in [0.25, 0.3) is 0 Å². The number of fused-ring (bicyclic) bond motifs is 1. The maximum Gasteiger partial charge on any atom is 0.191 e. The normalized spacial score (nSPS) is 11.8. The van der Waals surface area contributed by atoms with Gasteiger partial charge in [0.05, 0.1) is 6.54 Å². The number of nitrogens with zero attached hydrogens (tertiary/aromatic N) is 1. The molecule has 0 saturated heterocycles. The van der Waals surface area contributed by atoms with E-state index < -0.39 is 0 Å². The molecule has 3 rings (SSSR count). The second kappa shape index (κ2) is 7.33. The van der Waals surface area contributed by atoms with E-state index in [-0.39, 0.29) is 0 Å². The molecule has 0 saturated carbocycles. The number of aromatic amines is 1. The summed E-state index contributed by atoms with van der Waals surface area (Å²) in [5.41, 5.74) is 2.52. The summed E-state index contributed by atoms with van der Waals surface area (Å²) in [6.07, 6.45) is 3.06. The number of rotatable bonds is 5. The van der Waals surface area contributed by atoms with Crippen LogP contribution in [0.25, 0.3) is 10.9 Å². The van der Waals surface area contributed by atoms with E-state index in [4.69, 9.17) is 0 Å². The summed E-state index contributed by atoms with van der Waals surface area (Å²) in [6, 6.07) is 12.7. The van der Waals surface area contributed by atoms with E-state index in [9.17, 15) is 0 Å². The molecular weight excluding hydrogens is 304 g/mol. The van der Waals surface area contributed by atoms with Gasteiger partial charge in [-0.05, 0) is 37.1 Å². The molecule has 0 aliphatic carbocycles. The Hall–Kier alpha value is -2.27. The van der Waals surface area contributed by atoms with Crippen molar-refractivity contribution in [3.8, 4) is 0 Å². The van der Waals surface area contributed by atoms with Crippen molar-refractivity contribution < 1.29 is 0 Å². The summed E-state index contributed by atoms with van der Waals surface area (Å²) in [6.45, 7) is 3.79. The van der Waals surface area contributed by atoms with Crippen LogP contribution in [0, 0.1) is 6.92 Å². The van der Waals surface area contributed by atoms with Crippen LogP contribution in [0.3, 0.4) is 0 Å². The molecule has 0 fully saturated rings. The van der Waals surface area contributed by atoms with Gasteiger partial charge in [0, 0.05) is 40.4 Å². The molecule has 2 heterocycles. The van der Waals surface area contributed by atoms with Crippen LogP contribution in [-0.2, 0) is 13.0 Å². The lowest BCUT2D eigenvalue weighted by atomic mass is 10.1. The maximum absolute atomic E-state index is 4.28. The molecule has 1 aromatic carbocycles. The number of aromatic nitrogens is 1. The standard InChI is InChI=1S/C18H22N4S/c1-13-7-8-15(23-13)12-22-18(19-2)20-10-9-14-11-21-17-6-4-3-5-16(14)17/h3-8,11,21H,9-10,12H2,1-2H3,(H2,19,20,22). The van der Waals surface area contributed by atoms with Gasteiger partial charge in [0.1, 0.15) is 0 Å². The number of guanidine groups is 1. The quantitative estimate of drug-likeness (QED) is 0.497. The van der Waals surface area contributed by atoms with Gasteiger partial charge in [0.2, 0.25) is 0 Å². The third-order valence-corrected chi connectivity index (χ3v) is 4.81. The molecule has 5 heteroatoms. The molecule has 0 bridgehead atoms. The van der Waals surface area contributed by atoms with Crippen LogP contribution in [0.4, 0.5) is 0 Å². The van der Waals surface area contributed by atoms with E-state index in [0.717, 1.165) is 25.5 Å². The minimum absolute atomic E-state index is 0.811. The van der Waals surface area contributed by atoms with Crippen LogP contribution in [0.5, 0.6) is 0 Å². The van der Waals surface area contributed by atoms with Gasteiger partial charge in [-0.2, -0.15) is 0 Å². The Morgan fingerprint density at radius 1 is 1.17 bits per heavy atom. The summed E-state index contributed by atoms with van der Waals surface area (Å²) < 4.78 is 0. The van der Waals surface area contributed by atoms with Gasteiger partial charge in [-0.1, -0.05) is 18.2 Å². The predicted octanol–water partition coefficient (Wildman–Crippen LogP) is 3.45. The highest BCUT2D eigenvalue weighted by atomic mass is 32.1. The van der Waals surface area contributed by atoms with Crippen LogP contribution in [-0.4, -0.2) is 24.5 Å². The van der Waals surface area contributed by atoms with Gasteiger partial charge < -0.3 is 15.6 Å². The Labute approximate surface area is 140 Å². The zero-order valence-corrected chi connectivity index (χ0v) is 14.3. The first-order chi connectivity index (χ1) is 11.3. The molecule has 0 unspecified atom stereocenters. The van der Waals surface area contributed by atoms with Crippen LogP contribution in [0.1, 0.15) is 15.3 Å². The molecule has 0 atom stereocenters. The van der Waals surface area contributed by atoms with Gasteiger partial charge in [-0.25, -0.2) is 0 Å². The number of benzene rings is 1. The van der Waals surface area contributed by atoms with Crippen molar-refractivity contribution in [2.45, 2.75) is 19.9 Å². The Morgan fingerprint density at radius 2 is 2.04 bits per heavy atom. The SMILES string of the molecule is CN=C(NCCc1c[nH]c2ccccc12)NCc1ccc(C)s1. The molecule has 0 aliphatic heterocycles. The van der Waals surface area contributed by atoms with E-state index in [0.29, 0.717) is 0 Å². The molecule has 120 valence electrons. The number of nitrogens with one attached hydrogen (secondary N) is 3. The average molecular weight is 326 g/mol. The zero-order chi connectivity index (χ0) is 16.1. The maximum atomic E-state index is 4.28. The minimum Gasteiger partial charge on any atom is -0.361 e. The van der Waals surface area contributed by atoms with Crippen molar-refractivity contribution in [2.75, 3.05) is 13.6 Å².